The number of aromatic nitrogens is 1. The van der Waals surface area contributed by atoms with Gasteiger partial charge in [-0.25, -0.2) is 4.98 Å². The molecule has 0 aliphatic carbocycles. The fraction of sp³-hybridized carbons (Fsp3) is 0.688. The molecule has 1 atom stereocenters. The molecule has 1 aromatic heterocycles. The van der Waals surface area contributed by atoms with Crippen LogP contribution in [0.25, 0.3) is 0 Å². The SMILES string of the molecule is CCCNCc1ccnc(N2CCCCC2CC)c1. The van der Waals surface area contributed by atoms with E-state index in [4.69, 9.17) is 0 Å². The van der Waals surface area contributed by atoms with E-state index < -0.39 is 0 Å². The van der Waals surface area contributed by atoms with E-state index in [0.29, 0.717) is 6.04 Å². The van der Waals surface area contributed by atoms with Gasteiger partial charge in [-0.2, -0.15) is 0 Å². The molecule has 0 saturated carbocycles. The normalized spacial score (nSPS) is 19.7. The van der Waals surface area contributed by atoms with Crippen LogP contribution in [0.4, 0.5) is 5.82 Å². The van der Waals surface area contributed by atoms with Crippen LogP contribution in [0.15, 0.2) is 18.3 Å². The summed E-state index contributed by atoms with van der Waals surface area (Å²) < 4.78 is 0. The summed E-state index contributed by atoms with van der Waals surface area (Å²) in [6.07, 6.45) is 8.35. The molecule has 3 nitrogen and oxygen atoms in total. The van der Waals surface area contributed by atoms with Gasteiger partial charge in [-0.1, -0.05) is 13.8 Å². The van der Waals surface area contributed by atoms with E-state index in [1.807, 2.05) is 6.20 Å². The maximum Gasteiger partial charge on any atom is 0.129 e. The summed E-state index contributed by atoms with van der Waals surface area (Å²) in [5.74, 6) is 1.17. The monoisotopic (exact) mass is 261 g/mol. The molecule has 0 aromatic carbocycles. The molecule has 2 heterocycles. The van der Waals surface area contributed by atoms with Crippen LogP contribution >= 0.6 is 0 Å². The third-order valence-corrected chi connectivity index (χ3v) is 3.96. The van der Waals surface area contributed by atoms with E-state index in [1.165, 1.54) is 43.5 Å². The highest BCUT2D eigenvalue weighted by molar-refractivity contribution is 5.42. The van der Waals surface area contributed by atoms with Crippen LogP contribution in [0.2, 0.25) is 0 Å². The molecule has 19 heavy (non-hydrogen) atoms. The van der Waals surface area contributed by atoms with Gasteiger partial charge in [0.15, 0.2) is 0 Å². The first kappa shape index (κ1) is 14.3. The third kappa shape index (κ3) is 3.93. The van der Waals surface area contributed by atoms with Crippen LogP contribution in [0.1, 0.15) is 51.5 Å². The van der Waals surface area contributed by atoms with Crippen LogP contribution < -0.4 is 10.2 Å². The molecular formula is C16H27N3. The van der Waals surface area contributed by atoms with Crippen molar-refractivity contribution in [3.63, 3.8) is 0 Å². The van der Waals surface area contributed by atoms with Gasteiger partial charge in [0.1, 0.15) is 5.82 Å². The fourth-order valence-electron chi connectivity index (χ4n) is 2.86. The molecule has 1 aromatic rings. The molecule has 3 heteroatoms. The molecule has 0 bridgehead atoms. The molecule has 0 spiro atoms. The van der Waals surface area contributed by atoms with Crippen LogP contribution in [-0.4, -0.2) is 24.1 Å². The van der Waals surface area contributed by atoms with Gasteiger partial charge in [-0.3, -0.25) is 0 Å². The van der Waals surface area contributed by atoms with E-state index in [1.54, 1.807) is 0 Å². The average Bonchev–Trinajstić information content (AvgIpc) is 2.48. The summed E-state index contributed by atoms with van der Waals surface area (Å²) in [6.45, 7) is 7.69. The Morgan fingerprint density at radius 3 is 3.05 bits per heavy atom. The smallest absolute Gasteiger partial charge is 0.129 e. The van der Waals surface area contributed by atoms with Gasteiger partial charge in [0.05, 0.1) is 0 Å². The molecule has 1 N–H and O–H groups in total. The lowest BCUT2D eigenvalue weighted by Gasteiger charge is -2.36. The van der Waals surface area contributed by atoms with Crippen molar-refractivity contribution >= 4 is 5.82 Å². The largest absolute Gasteiger partial charge is 0.354 e. The Morgan fingerprint density at radius 1 is 1.37 bits per heavy atom. The molecule has 1 fully saturated rings. The highest BCUT2D eigenvalue weighted by atomic mass is 15.2. The van der Waals surface area contributed by atoms with Crippen LogP contribution in [-0.2, 0) is 6.54 Å². The number of nitrogens with zero attached hydrogens (tertiary/aromatic N) is 2. The van der Waals surface area contributed by atoms with Gasteiger partial charge < -0.3 is 10.2 Å². The second-order valence-corrected chi connectivity index (χ2v) is 5.45. The summed E-state index contributed by atoms with van der Waals surface area (Å²) in [4.78, 5) is 7.09. The number of anilines is 1. The van der Waals surface area contributed by atoms with Crippen molar-refractivity contribution in [1.82, 2.24) is 10.3 Å². The Bertz CT molecular complexity index is 378. The second kappa shape index (κ2) is 7.49. The molecule has 1 aliphatic rings. The molecule has 106 valence electrons. The number of pyridine rings is 1. The lowest BCUT2D eigenvalue weighted by molar-refractivity contribution is 0.446. The van der Waals surface area contributed by atoms with Gasteiger partial charge in [0.2, 0.25) is 0 Å². The van der Waals surface area contributed by atoms with Crippen LogP contribution in [0, 0.1) is 0 Å². The number of hydrogen-bond acceptors (Lipinski definition) is 3. The zero-order chi connectivity index (χ0) is 13.5. The maximum absolute atomic E-state index is 4.59. The standard InChI is InChI=1S/C16H27N3/c1-3-9-17-13-14-8-10-18-16(12-14)19-11-6-5-7-15(19)4-2/h8,10,12,15,17H,3-7,9,11,13H2,1-2H3. The first-order chi connectivity index (χ1) is 9.35. The zero-order valence-electron chi connectivity index (χ0n) is 12.4. The van der Waals surface area contributed by atoms with Gasteiger partial charge in [-0.15, -0.1) is 0 Å². The van der Waals surface area contributed by atoms with E-state index >= 15 is 0 Å². The van der Waals surface area contributed by atoms with Crippen LogP contribution in [0.3, 0.4) is 0 Å². The van der Waals surface area contributed by atoms with E-state index in [2.05, 4.69) is 41.2 Å². The molecule has 2 rings (SSSR count). The second-order valence-electron chi connectivity index (χ2n) is 5.45. The van der Waals surface area contributed by atoms with Gasteiger partial charge >= 0.3 is 0 Å². The van der Waals surface area contributed by atoms with Crippen molar-refractivity contribution in [1.29, 1.82) is 0 Å². The number of piperidine rings is 1. The Labute approximate surface area is 117 Å². The summed E-state index contributed by atoms with van der Waals surface area (Å²) >= 11 is 0. The van der Waals surface area contributed by atoms with Gasteiger partial charge in [-0.05, 0) is 56.3 Å². The molecule has 1 aliphatic heterocycles. The topological polar surface area (TPSA) is 28.2 Å². The predicted molar refractivity (Wildman–Crippen MR) is 81.5 cm³/mol. The Kier molecular flexibility index (Phi) is 5.64. The lowest BCUT2D eigenvalue weighted by Crippen LogP contribution is -2.39. The Morgan fingerprint density at radius 2 is 2.26 bits per heavy atom. The van der Waals surface area contributed by atoms with E-state index in [-0.39, 0.29) is 0 Å². The fourth-order valence-corrected chi connectivity index (χ4v) is 2.86. The van der Waals surface area contributed by atoms with E-state index in [0.717, 1.165) is 19.6 Å². The zero-order valence-corrected chi connectivity index (χ0v) is 12.4. The average molecular weight is 261 g/mol. The summed E-state index contributed by atoms with van der Waals surface area (Å²) in [5, 5.41) is 3.46. The minimum Gasteiger partial charge on any atom is -0.354 e. The number of nitrogens with one attached hydrogen (secondary N) is 1. The predicted octanol–water partition coefficient (Wildman–Crippen LogP) is 3.35. The lowest BCUT2D eigenvalue weighted by atomic mass is 10.00. The van der Waals surface area contributed by atoms with Crippen LogP contribution in [0.5, 0.6) is 0 Å². The molecule has 0 amide bonds. The summed E-state index contributed by atoms with van der Waals surface area (Å²) in [7, 11) is 0. The highest BCUT2D eigenvalue weighted by Crippen LogP contribution is 2.25. The minimum atomic E-state index is 0.681. The maximum atomic E-state index is 4.59. The van der Waals surface area contributed by atoms with Crippen molar-refractivity contribution in [3.05, 3.63) is 23.9 Å². The highest BCUT2D eigenvalue weighted by Gasteiger charge is 2.21. The number of rotatable bonds is 6. The van der Waals surface area contributed by atoms with Crippen molar-refractivity contribution < 1.29 is 0 Å². The first-order valence-electron chi connectivity index (χ1n) is 7.77. The number of hydrogen-bond donors (Lipinski definition) is 1. The van der Waals surface area contributed by atoms with Gasteiger partial charge in [0, 0.05) is 25.3 Å². The van der Waals surface area contributed by atoms with E-state index in [9.17, 15) is 0 Å². The molecule has 1 saturated heterocycles. The van der Waals surface area contributed by atoms with Crippen molar-refractivity contribution in [2.24, 2.45) is 0 Å². The summed E-state index contributed by atoms with van der Waals surface area (Å²) in [6, 6.07) is 5.06. The first-order valence-corrected chi connectivity index (χ1v) is 7.77. The minimum absolute atomic E-state index is 0.681. The van der Waals surface area contributed by atoms with Crippen molar-refractivity contribution in [2.45, 2.75) is 58.5 Å². The Hall–Kier alpha value is -1.09. The van der Waals surface area contributed by atoms with Gasteiger partial charge in [0.25, 0.3) is 0 Å². The quantitative estimate of drug-likeness (QED) is 0.796. The van der Waals surface area contributed by atoms with Crippen molar-refractivity contribution in [2.75, 3.05) is 18.0 Å². The molecule has 0 radical (unpaired) electrons. The molecule has 1 unspecified atom stereocenters. The Balaban J connectivity index is 2.04. The van der Waals surface area contributed by atoms with Crippen molar-refractivity contribution in [3.8, 4) is 0 Å². The molecular weight excluding hydrogens is 234 g/mol. The summed E-state index contributed by atoms with van der Waals surface area (Å²) in [5.41, 5.74) is 1.35. The third-order valence-electron chi connectivity index (χ3n) is 3.96.